The van der Waals surface area contributed by atoms with Crippen molar-refractivity contribution in [1.82, 2.24) is 19.7 Å². The molecule has 0 saturated heterocycles. The third-order valence-electron chi connectivity index (χ3n) is 8.72. The molecule has 0 fully saturated rings. The molecule has 1 aliphatic rings. The number of carboxylic acids is 1. The Kier molecular flexibility index (Phi) is 8.64. The quantitative estimate of drug-likeness (QED) is 0.213. The number of H-pyrrole nitrogens is 1. The van der Waals surface area contributed by atoms with Gasteiger partial charge in [-0.15, -0.1) is 0 Å². The summed E-state index contributed by atoms with van der Waals surface area (Å²) in [5.41, 5.74) is 2.06. The molecule has 1 atom stereocenters. The number of nitrogens with one attached hydrogen (secondary N) is 1. The summed E-state index contributed by atoms with van der Waals surface area (Å²) in [6.45, 7) is 3.80. The van der Waals surface area contributed by atoms with E-state index < -0.39 is 32.9 Å². The summed E-state index contributed by atoms with van der Waals surface area (Å²) >= 11 is 0. The highest BCUT2D eigenvalue weighted by Gasteiger charge is 2.31. The Morgan fingerprint density at radius 3 is 2.72 bits per heavy atom. The lowest BCUT2D eigenvalue weighted by molar-refractivity contribution is -0.136. The number of nitrogens with zero attached hydrogens (tertiary/aromatic N) is 3. The maximum Gasteiger partial charge on any atom is 0.303 e. The maximum absolute atomic E-state index is 15.6. The van der Waals surface area contributed by atoms with E-state index in [-0.39, 0.29) is 53.2 Å². The molecule has 0 aliphatic carbocycles. The van der Waals surface area contributed by atoms with Crippen molar-refractivity contribution < 1.29 is 31.8 Å². The van der Waals surface area contributed by atoms with Gasteiger partial charge in [0.05, 0.1) is 17.1 Å². The predicted octanol–water partition coefficient (Wildman–Crippen LogP) is 6.96. The molecular weight excluding hydrogens is 626 g/mol. The molecule has 5 aromatic rings. The Hall–Kier alpha value is -4.58. The fraction of sp³-hybridized carbons (Fsp3) is 0.343. The summed E-state index contributed by atoms with van der Waals surface area (Å²) in [4.78, 5) is 19.0. The van der Waals surface area contributed by atoms with Crippen LogP contribution >= 0.6 is 0 Å². The topological polar surface area (TPSA) is 127 Å². The molecule has 2 N–H and O–H groups in total. The number of aryl methyl sites for hydroxylation is 3. The van der Waals surface area contributed by atoms with Gasteiger partial charge in [-0.25, -0.2) is 26.9 Å². The summed E-state index contributed by atoms with van der Waals surface area (Å²) < 4.78 is 65.7. The van der Waals surface area contributed by atoms with Crippen molar-refractivity contribution in [1.29, 1.82) is 0 Å². The van der Waals surface area contributed by atoms with E-state index in [9.17, 15) is 18.3 Å². The van der Waals surface area contributed by atoms with E-state index in [1.54, 1.807) is 19.3 Å². The molecule has 1 unspecified atom stereocenters. The van der Waals surface area contributed by atoms with Crippen LogP contribution in [0.4, 0.5) is 8.78 Å². The first-order chi connectivity index (χ1) is 22.3. The van der Waals surface area contributed by atoms with Gasteiger partial charge in [0.1, 0.15) is 11.6 Å². The van der Waals surface area contributed by atoms with Gasteiger partial charge in [-0.1, -0.05) is 38.1 Å². The van der Waals surface area contributed by atoms with Gasteiger partial charge in [0.25, 0.3) is 0 Å². The smallest absolute Gasteiger partial charge is 0.303 e. The van der Waals surface area contributed by atoms with Gasteiger partial charge in [0.15, 0.2) is 33.1 Å². The summed E-state index contributed by atoms with van der Waals surface area (Å²) in [6.07, 6.45) is 2.97. The number of halogens is 2. The number of benzene rings is 3. The predicted molar refractivity (Wildman–Crippen MR) is 174 cm³/mol. The van der Waals surface area contributed by atoms with Gasteiger partial charge < -0.3 is 14.8 Å². The number of ether oxygens (including phenoxy) is 1. The molecule has 1 aliphatic heterocycles. The number of hydrogen-bond donors (Lipinski definition) is 2. The van der Waals surface area contributed by atoms with Gasteiger partial charge in [0.2, 0.25) is 0 Å². The SMILES string of the molecule is Cn1nc2nc1-c1cc(ccc1F)Oc1c(F)cc3[nH]ccc3c1CCS(=O)(=O)CC(C)(C)CCC2c1cccc(CCC(=O)O)c1. The second-order valence-corrected chi connectivity index (χ2v) is 15.2. The molecule has 3 aromatic carbocycles. The second-order valence-electron chi connectivity index (χ2n) is 13.0. The zero-order valence-electron chi connectivity index (χ0n) is 26.4. The first-order valence-electron chi connectivity index (χ1n) is 15.5. The fourth-order valence-electron chi connectivity index (χ4n) is 6.42. The van der Waals surface area contributed by atoms with Crippen LogP contribution in [0.25, 0.3) is 22.3 Å². The van der Waals surface area contributed by atoms with E-state index in [0.29, 0.717) is 41.6 Å². The number of hydrogen-bond acceptors (Lipinski definition) is 6. The third kappa shape index (κ3) is 7.07. The molecule has 4 bridgehead atoms. The summed E-state index contributed by atoms with van der Waals surface area (Å²) in [5.74, 6) is -2.16. The molecule has 6 rings (SSSR count). The van der Waals surface area contributed by atoms with E-state index in [1.165, 1.54) is 28.9 Å². The minimum atomic E-state index is -3.61. The zero-order chi connectivity index (χ0) is 33.5. The Bertz CT molecular complexity index is 2090. The largest absolute Gasteiger partial charge is 0.481 e. The van der Waals surface area contributed by atoms with E-state index in [4.69, 9.17) is 9.72 Å². The maximum atomic E-state index is 15.6. The Morgan fingerprint density at radius 1 is 1.13 bits per heavy atom. The van der Waals surface area contributed by atoms with Crippen molar-refractivity contribution in [3.63, 3.8) is 0 Å². The summed E-state index contributed by atoms with van der Waals surface area (Å²) in [6, 6.07) is 14.7. The average molecular weight is 663 g/mol. The van der Waals surface area contributed by atoms with Crippen LogP contribution in [0, 0.1) is 17.0 Å². The van der Waals surface area contributed by atoms with Crippen molar-refractivity contribution in [2.45, 2.75) is 51.9 Å². The Morgan fingerprint density at radius 2 is 1.94 bits per heavy atom. The van der Waals surface area contributed by atoms with Crippen LogP contribution in [0.1, 0.15) is 61.5 Å². The number of sulfone groups is 1. The minimum absolute atomic E-state index is 0.0198. The fourth-order valence-corrected chi connectivity index (χ4v) is 8.41. The standard InChI is InChI=1S/C35H36F2N4O5S/c1-35(2)14-11-24(22-6-4-5-21(17-22)7-10-31(42)43)33-39-34(41(3)40-33)27-18-23(8-9-28(27)36)46-32-26(13-16-47(44,45)20-35)25-12-15-38-30(25)19-29(32)37/h4-6,8-9,12,15,17-19,24,38H,7,10-11,13-14,16,20H2,1-3H3,(H,42,43). The van der Waals surface area contributed by atoms with Crippen LogP contribution in [0.2, 0.25) is 0 Å². The van der Waals surface area contributed by atoms with Crippen LogP contribution in [-0.4, -0.2) is 50.7 Å². The normalized spacial score (nSPS) is 17.9. The highest BCUT2D eigenvalue weighted by atomic mass is 32.2. The number of rotatable bonds is 4. The molecule has 47 heavy (non-hydrogen) atoms. The van der Waals surface area contributed by atoms with Crippen molar-refractivity contribution in [3.05, 3.63) is 94.9 Å². The first-order valence-corrected chi connectivity index (χ1v) is 17.3. The van der Waals surface area contributed by atoms with E-state index in [2.05, 4.69) is 10.1 Å². The lowest BCUT2D eigenvalue weighted by Gasteiger charge is -2.27. The van der Waals surface area contributed by atoms with Crippen molar-refractivity contribution in [3.8, 4) is 22.9 Å². The molecule has 12 heteroatoms. The van der Waals surface area contributed by atoms with Crippen LogP contribution in [-0.2, 0) is 34.5 Å². The molecule has 2 aromatic heterocycles. The molecule has 0 radical (unpaired) electrons. The number of fused-ring (bicyclic) bond motifs is 8. The van der Waals surface area contributed by atoms with Crippen molar-refractivity contribution >= 4 is 26.7 Å². The third-order valence-corrected chi connectivity index (χ3v) is 10.8. The van der Waals surface area contributed by atoms with Crippen LogP contribution in [0.15, 0.2) is 60.8 Å². The zero-order valence-corrected chi connectivity index (χ0v) is 27.2. The van der Waals surface area contributed by atoms with Gasteiger partial charge in [0, 0.05) is 48.1 Å². The van der Waals surface area contributed by atoms with Gasteiger partial charge >= 0.3 is 5.97 Å². The van der Waals surface area contributed by atoms with E-state index >= 15 is 8.78 Å². The molecule has 0 saturated carbocycles. The highest BCUT2D eigenvalue weighted by Crippen LogP contribution is 2.39. The lowest BCUT2D eigenvalue weighted by Crippen LogP contribution is -2.27. The monoisotopic (exact) mass is 662 g/mol. The number of aromatic amines is 1. The molecule has 246 valence electrons. The minimum Gasteiger partial charge on any atom is -0.481 e. The van der Waals surface area contributed by atoms with Gasteiger partial charge in [-0.05, 0) is 66.5 Å². The molecule has 0 spiro atoms. The van der Waals surface area contributed by atoms with Crippen LogP contribution in [0.5, 0.6) is 11.5 Å². The van der Waals surface area contributed by atoms with E-state index in [1.807, 2.05) is 38.1 Å². The molecular formula is C35H36F2N4O5S. The van der Waals surface area contributed by atoms with Crippen LogP contribution < -0.4 is 4.74 Å². The molecule has 0 amide bonds. The van der Waals surface area contributed by atoms with Gasteiger partial charge in [-0.2, -0.15) is 5.10 Å². The summed E-state index contributed by atoms with van der Waals surface area (Å²) in [5, 5.41) is 14.5. The Labute approximate surface area is 271 Å². The highest BCUT2D eigenvalue weighted by molar-refractivity contribution is 7.91. The van der Waals surface area contributed by atoms with Crippen molar-refractivity contribution in [2.24, 2.45) is 12.5 Å². The number of aliphatic carboxylic acids is 1. The molecule has 9 nitrogen and oxygen atoms in total. The second kappa shape index (κ2) is 12.6. The van der Waals surface area contributed by atoms with Crippen LogP contribution in [0.3, 0.4) is 0 Å². The van der Waals surface area contributed by atoms with E-state index in [0.717, 1.165) is 11.1 Å². The molecule has 3 heterocycles. The average Bonchev–Trinajstić information content (AvgIpc) is 3.62. The number of carbonyl (C=O) groups is 1. The number of carboxylic acid groups (broad SMARTS) is 1. The Balaban J connectivity index is 1.49. The van der Waals surface area contributed by atoms with Gasteiger partial charge in [-0.3, -0.25) is 4.79 Å². The number of aromatic nitrogens is 4. The summed E-state index contributed by atoms with van der Waals surface area (Å²) in [7, 11) is -1.95. The lowest BCUT2D eigenvalue weighted by atomic mass is 9.83. The van der Waals surface area contributed by atoms with Crippen molar-refractivity contribution in [2.75, 3.05) is 11.5 Å². The first kappa shape index (κ1) is 32.4.